The lowest BCUT2D eigenvalue weighted by Gasteiger charge is -2.31. The van der Waals surface area contributed by atoms with Gasteiger partial charge in [0.1, 0.15) is 0 Å². The molecule has 1 saturated heterocycles. The Morgan fingerprint density at radius 1 is 1.46 bits per heavy atom. The lowest BCUT2D eigenvalue weighted by Crippen LogP contribution is -2.39. The zero-order chi connectivity index (χ0) is 9.47. The van der Waals surface area contributed by atoms with E-state index in [0.29, 0.717) is 11.5 Å². The average molecular weight is 178 g/mol. The SMILES string of the molecule is CC1(C)CC(CC#N)CN1C1CC1. The molecule has 2 nitrogen and oxygen atoms in total. The normalized spacial score (nSPS) is 33.2. The summed E-state index contributed by atoms with van der Waals surface area (Å²) in [5.41, 5.74) is 0.350. The molecule has 0 bridgehead atoms. The fraction of sp³-hybridized carbons (Fsp3) is 0.909. The van der Waals surface area contributed by atoms with Gasteiger partial charge in [0.2, 0.25) is 0 Å². The van der Waals surface area contributed by atoms with Gasteiger partial charge in [0.25, 0.3) is 0 Å². The fourth-order valence-corrected chi connectivity index (χ4v) is 2.71. The van der Waals surface area contributed by atoms with Crippen molar-refractivity contribution in [3.8, 4) is 6.07 Å². The summed E-state index contributed by atoms with van der Waals surface area (Å²) in [5.74, 6) is 0.626. The Bertz CT molecular complexity index is 235. The van der Waals surface area contributed by atoms with E-state index in [0.717, 1.165) is 19.0 Å². The molecule has 1 atom stereocenters. The zero-order valence-corrected chi connectivity index (χ0v) is 8.58. The third-order valence-corrected chi connectivity index (χ3v) is 3.39. The number of hydrogen-bond acceptors (Lipinski definition) is 2. The molecule has 0 aromatic carbocycles. The molecule has 2 heteroatoms. The van der Waals surface area contributed by atoms with Crippen molar-refractivity contribution in [2.24, 2.45) is 5.92 Å². The highest BCUT2D eigenvalue weighted by Gasteiger charge is 2.44. The molecule has 2 aliphatic rings. The average Bonchev–Trinajstić information content (AvgIpc) is 2.78. The van der Waals surface area contributed by atoms with Crippen LogP contribution in [-0.2, 0) is 0 Å². The van der Waals surface area contributed by atoms with Gasteiger partial charge in [-0.3, -0.25) is 4.90 Å². The van der Waals surface area contributed by atoms with Gasteiger partial charge in [0.15, 0.2) is 0 Å². The van der Waals surface area contributed by atoms with Crippen LogP contribution in [0.4, 0.5) is 0 Å². The lowest BCUT2D eigenvalue weighted by molar-refractivity contribution is 0.165. The fourth-order valence-electron chi connectivity index (χ4n) is 2.71. The third kappa shape index (κ3) is 1.71. The molecular formula is C11H18N2. The molecule has 1 heterocycles. The Morgan fingerprint density at radius 3 is 2.69 bits per heavy atom. The molecule has 2 rings (SSSR count). The Labute approximate surface area is 80.5 Å². The van der Waals surface area contributed by atoms with E-state index in [9.17, 15) is 0 Å². The molecule has 1 unspecified atom stereocenters. The highest BCUT2D eigenvalue weighted by atomic mass is 15.3. The number of nitrogens with zero attached hydrogens (tertiary/aromatic N) is 2. The molecule has 72 valence electrons. The van der Waals surface area contributed by atoms with Gasteiger partial charge >= 0.3 is 0 Å². The third-order valence-electron chi connectivity index (χ3n) is 3.39. The molecule has 0 spiro atoms. The quantitative estimate of drug-likeness (QED) is 0.648. The van der Waals surface area contributed by atoms with Crippen LogP contribution < -0.4 is 0 Å². The van der Waals surface area contributed by atoms with Crippen LogP contribution in [-0.4, -0.2) is 23.0 Å². The first-order chi connectivity index (χ1) is 6.13. The molecule has 0 amide bonds. The van der Waals surface area contributed by atoms with E-state index in [1.54, 1.807) is 0 Å². The lowest BCUT2D eigenvalue weighted by atomic mass is 9.95. The van der Waals surface area contributed by atoms with Crippen LogP contribution in [0.25, 0.3) is 0 Å². The van der Waals surface area contributed by atoms with E-state index in [1.165, 1.54) is 19.3 Å². The highest BCUT2D eigenvalue weighted by Crippen LogP contribution is 2.42. The summed E-state index contributed by atoms with van der Waals surface area (Å²) in [5, 5.41) is 8.67. The molecule has 1 saturated carbocycles. The van der Waals surface area contributed by atoms with Crippen LogP contribution in [0.5, 0.6) is 0 Å². The van der Waals surface area contributed by atoms with Crippen molar-refractivity contribution >= 4 is 0 Å². The van der Waals surface area contributed by atoms with Crippen molar-refractivity contribution in [2.45, 2.75) is 51.1 Å². The van der Waals surface area contributed by atoms with Gasteiger partial charge in [-0.2, -0.15) is 5.26 Å². The topological polar surface area (TPSA) is 27.0 Å². The first kappa shape index (κ1) is 9.02. The van der Waals surface area contributed by atoms with E-state index in [2.05, 4.69) is 24.8 Å². The Morgan fingerprint density at radius 2 is 2.15 bits per heavy atom. The summed E-state index contributed by atoms with van der Waals surface area (Å²) in [7, 11) is 0. The zero-order valence-electron chi connectivity index (χ0n) is 8.58. The van der Waals surface area contributed by atoms with Crippen LogP contribution in [0.2, 0.25) is 0 Å². The molecule has 1 aliphatic carbocycles. The van der Waals surface area contributed by atoms with Gasteiger partial charge in [0, 0.05) is 24.5 Å². The summed E-state index contributed by atoms with van der Waals surface area (Å²) in [6, 6.07) is 3.15. The number of nitriles is 1. The standard InChI is InChI=1S/C11H18N2/c1-11(2)7-9(5-6-12)8-13(11)10-3-4-10/h9-10H,3-5,7-8H2,1-2H3. The predicted molar refractivity (Wildman–Crippen MR) is 52.1 cm³/mol. The van der Waals surface area contributed by atoms with Crippen molar-refractivity contribution in [2.75, 3.05) is 6.54 Å². The minimum atomic E-state index is 0.350. The van der Waals surface area contributed by atoms with Crippen LogP contribution in [0.15, 0.2) is 0 Å². The number of hydrogen-bond donors (Lipinski definition) is 0. The Kier molecular flexibility index (Phi) is 2.08. The second-order valence-electron chi connectivity index (χ2n) is 5.13. The van der Waals surface area contributed by atoms with Crippen molar-refractivity contribution in [1.82, 2.24) is 4.90 Å². The van der Waals surface area contributed by atoms with Crippen molar-refractivity contribution in [3.05, 3.63) is 0 Å². The Hall–Kier alpha value is -0.550. The number of likely N-dealkylation sites (tertiary alicyclic amines) is 1. The maximum Gasteiger partial charge on any atom is 0.0625 e. The maximum atomic E-state index is 8.67. The first-order valence-corrected chi connectivity index (χ1v) is 5.27. The largest absolute Gasteiger partial charge is 0.295 e. The minimum Gasteiger partial charge on any atom is -0.295 e. The number of rotatable bonds is 2. The van der Waals surface area contributed by atoms with Gasteiger partial charge in [-0.25, -0.2) is 0 Å². The molecule has 0 N–H and O–H groups in total. The highest BCUT2D eigenvalue weighted by molar-refractivity contribution is 5.01. The second-order valence-corrected chi connectivity index (χ2v) is 5.13. The van der Waals surface area contributed by atoms with E-state index >= 15 is 0 Å². The molecule has 0 aromatic heterocycles. The van der Waals surface area contributed by atoms with Crippen LogP contribution in [0.3, 0.4) is 0 Å². The van der Waals surface area contributed by atoms with Gasteiger partial charge in [0.05, 0.1) is 6.07 Å². The summed E-state index contributed by atoms with van der Waals surface area (Å²) in [4.78, 5) is 2.62. The monoisotopic (exact) mass is 178 g/mol. The van der Waals surface area contributed by atoms with Gasteiger partial charge in [-0.05, 0) is 39.0 Å². The van der Waals surface area contributed by atoms with Crippen molar-refractivity contribution < 1.29 is 0 Å². The molecule has 13 heavy (non-hydrogen) atoms. The van der Waals surface area contributed by atoms with Crippen molar-refractivity contribution in [1.29, 1.82) is 5.26 Å². The molecule has 2 fully saturated rings. The van der Waals surface area contributed by atoms with E-state index in [4.69, 9.17) is 5.26 Å². The van der Waals surface area contributed by atoms with Crippen LogP contribution in [0.1, 0.15) is 39.5 Å². The minimum absolute atomic E-state index is 0.350. The summed E-state index contributed by atoms with van der Waals surface area (Å²) in [6.07, 6.45) is 4.70. The van der Waals surface area contributed by atoms with Gasteiger partial charge in [-0.1, -0.05) is 0 Å². The van der Waals surface area contributed by atoms with Crippen molar-refractivity contribution in [3.63, 3.8) is 0 Å². The van der Waals surface area contributed by atoms with E-state index in [-0.39, 0.29) is 0 Å². The summed E-state index contributed by atoms with van der Waals surface area (Å²) in [6.45, 7) is 5.80. The summed E-state index contributed by atoms with van der Waals surface area (Å²) < 4.78 is 0. The van der Waals surface area contributed by atoms with E-state index in [1.807, 2.05) is 0 Å². The smallest absolute Gasteiger partial charge is 0.0625 e. The maximum absolute atomic E-state index is 8.67. The van der Waals surface area contributed by atoms with Crippen LogP contribution >= 0.6 is 0 Å². The second kappa shape index (κ2) is 2.99. The van der Waals surface area contributed by atoms with E-state index < -0.39 is 0 Å². The molecule has 1 aliphatic heterocycles. The predicted octanol–water partition coefficient (Wildman–Crippen LogP) is 2.16. The Balaban J connectivity index is 2.00. The summed E-state index contributed by atoms with van der Waals surface area (Å²) >= 11 is 0. The molecule has 0 radical (unpaired) electrons. The first-order valence-electron chi connectivity index (χ1n) is 5.27. The molecule has 0 aromatic rings. The van der Waals surface area contributed by atoms with Gasteiger partial charge in [-0.15, -0.1) is 0 Å². The van der Waals surface area contributed by atoms with Gasteiger partial charge < -0.3 is 0 Å². The van der Waals surface area contributed by atoms with Crippen LogP contribution in [0, 0.1) is 17.2 Å². The molecular weight excluding hydrogens is 160 g/mol.